The van der Waals surface area contributed by atoms with Gasteiger partial charge in [-0.2, -0.15) is 0 Å². The molecule has 1 amide bonds. The molecule has 2 aromatic rings. The molecule has 0 bridgehead atoms. The second-order valence-corrected chi connectivity index (χ2v) is 6.29. The molecule has 2 heterocycles. The van der Waals surface area contributed by atoms with E-state index in [0.29, 0.717) is 8.68 Å². The summed E-state index contributed by atoms with van der Waals surface area (Å²) in [6, 6.07) is 0. The van der Waals surface area contributed by atoms with Crippen molar-refractivity contribution in [2.45, 2.75) is 8.68 Å². The van der Waals surface area contributed by atoms with Gasteiger partial charge in [0.2, 0.25) is 5.13 Å². The molecule has 9 nitrogen and oxygen atoms in total. The molecule has 0 fully saturated rings. The third-order valence-electron chi connectivity index (χ3n) is 1.63. The minimum atomic E-state index is -0.641. The number of nitrogens with zero attached hydrogens (tertiary/aromatic N) is 4. The zero-order valence-corrected chi connectivity index (χ0v) is 11.7. The molecule has 0 aliphatic heterocycles. The van der Waals surface area contributed by atoms with Crippen molar-refractivity contribution in [3.05, 3.63) is 16.3 Å². The standard InChI is InChI=1S/C7H5N5O4S3/c1-16-5(13)9-4-10-11-7(18-4)19-6-8-2-3(17-6)12(14)15/h2H,1H3,(H,9,10,13). The molecule has 0 saturated heterocycles. The summed E-state index contributed by atoms with van der Waals surface area (Å²) in [6.45, 7) is 0. The Balaban J connectivity index is 2.02. The van der Waals surface area contributed by atoms with E-state index >= 15 is 0 Å². The molecule has 0 aromatic carbocycles. The molecule has 19 heavy (non-hydrogen) atoms. The number of amides is 1. The minimum Gasteiger partial charge on any atom is -0.453 e. The van der Waals surface area contributed by atoms with E-state index in [0.717, 1.165) is 34.4 Å². The zero-order chi connectivity index (χ0) is 13.8. The maximum atomic E-state index is 10.9. The fraction of sp³-hybridized carbons (Fsp3) is 0.143. The summed E-state index contributed by atoms with van der Waals surface area (Å²) in [4.78, 5) is 24.8. The van der Waals surface area contributed by atoms with E-state index in [-0.39, 0.29) is 10.1 Å². The number of hydrogen-bond donors (Lipinski definition) is 1. The Labute approximate surface area is 118 Å². The number of rotatable bonds is 4. The van der Waals surface area contributed by atoms with Gasteiger partial charge in [-0.3, -0.25) is 15.4 Å². The second kappa shape index (κ2) is 5.90. The molecule has 1 N–H and O–H groups in total. The van der Waals surface area contributed by atoms with Gasteiger partial charge in [0.25, 0.3) is 0 Å². The summed E-state index contributed by atoms with van der Waals surface area (Å²) in [5, 5.41) is 20.6. The summed E-state index contributed by atoms with van der Waals surface area (Å²) in [6.07, 6.45) is 0.541. The van der Waals surface area contributed by atoms with Crippen LogP contribution in [0.2, 0.25) is 0 Å². The highest BCUT2D eigenvalue weighted by atomic mass is 32.2. The lowest BCUT2D eigenvalue weighted by atomic mass is 10.9. The Morgan fingerprint density at radius 3 is 2.89 bits per heavy atom. The molecule has 2 rings (SSSR count). The van der Waals surface area contributed by atoms with Crippen LogP contribution in [0.4, 0.5) is 14.9 Å². The van der Waals surface area contributed by atoms with E-state index in [9.17, 15) is 14.9 Å². The van der Waals surface area contributed by atoms with Crippen LogP contribution in [0, 0.1) is 10.1 Å². The molecule has 12 heteroatoms. The third-order valence-corrected chi connectivity index (χ3v) is 4.54. The van der Waals surface area contributed by atoms with Crippen molar-refractivity contribution in [1.82, 2.24) is 15.2 Å². The maximum Gasteiger partial charge on any atom is 0.413 e. The first-order valence-electron chi connectivity index (χ1n) is 4.55. The van der Waals surface area contributed by atoms with Gasteiger partial charge in [0.05, 0.1) is 12.0 Å². The fourth-order valence-corrected chi connectivity index (χ4v) is 3.62. The van der Waals surface area contributed by atoms with Gasteiger partial charge in [-0.25, -0.2) is 9.78 Å². The van der Waals surface area contributed by atoms with Crippen LogP contribution in [0.1, 0.15) is 0 Å². The number of nitrogens with one attached hydrogen (secondary N) is 1. The number of thiazole rings is 1. The average Bonchev–Trinajstić information content (AvgIpc) is 2.99. The van der Waals surface area contributed by atoms with E-state index < -0.39 is 11.0 Å². The molecule has 0 saturated carbocycles. The summed E-state index contributed by atoms with van der Waals surface area (Å²) >= 11 is 3.19. The largest absolute Gasteiger partial charge is 0.453 e. The Hall–Kier alpha value is -1.79. The lowest BCUT2D eigenvalue weighted by Crippen LogP contribution is -2.10. The lowest BCUT2D eigenvalue weighted by Gasteiger charge is -1.95. The van der Waals surface area contributed by atoms with Gasteiger partial charge in [-0.05, 0) is 23.1 Å². The van der Waals surface area contributed by atoms with Gasteiger partial charge >= 0.3 is 11.1 Å². The topological polar surface area (TPSA) is 120 Å². The highest BCUT2D eigenvalue weighted by Crippen LogP contribution is 2.36. The summed E-state index contributed by atoms with van der Waals surface area (Å²) < 4.78 is 5.40. The molecule has 2 aromatic heterocycles. The molecule has 0 radical (unpaired) electrons. The SMILES string of the molecule is COC(=O)Nc1nnc(Sc2ncc([N+](=O)[O-])s2)s1. The quantitative estimate of drug-likeness (QED) is 0.517. The van der Waals surface area contributed by atoms with Crippen LogP contribution in [-0.4, -0.2) is 33.3 Å². The molecule has 0 aliphatic rings. The van der Waals surface area contributed by atoms with E-state index in [4.69, 9.17) is 0 Å². The highest BCUT2D eigenvalue weighted by molar-refractivity contribution is 8.02. The highest BCUT2D eigenvalue weighted by Gasteiger charge is 2.15. The van der Waals surface area contributed by atoms with Gasteiger partial charge in [-0.1, -0.05) is 11.3 Å². The van der Waals surface area contributed by atoms with Crippen LogP contribution in [0.3, 0.4) is 0 Å². The Bertz CT molecular complexity index is 611. The van der Waals surface area contributed by atoms with Crippen molar-refractivity contribution in [3.8, 4) is 0 Å². The molecular weight excluding hydrogens is 314 g/mol. The number of anilines is 1. The predicted octanol–water partition coefficient (Wildman–Crippen LogP) is 2.23. The molecule has 100 valence electrons. The van der Waals surface area contributed by atoms with Gasteiger partial charge in [-0.15, -0.1) is 10.2 Å². The number of ether oxygens (including phenoxy) is 1. The number of hydrogen-bond acceptors (Lipinski definition) is 10. The van der Waals surface area contributed by atoms with Crippen molar-refractivity contribution in [1.29, 1.82) is 0 Å². The molecule has 0 spiro atoms. The number of methoxy groups -OCH3 is 1. The van der Waals surface area contributed by atoms with Gasteiger partial charge in [0, 0.05) is 0 Å². The van der Waals surface area contributed by atoms with Gasteiger partial charge < -0.3 is 4.74 Å². The molecule has 0 atom stereocenters. The van der Waals surface area contributed by atoms with Crippen molar-refractivity contribution >= 4 is 50.7 Å². The predicted molar refractivity (Wildman–Crippen MR) is 68.8 cm³/mol. The van der Waals surface area contributed by atoms with E-state index in [1.807, 2.05) is 0 Å². The van der Waals surface area contributed by atoms with Crippen LogP contribution < -0.4 is 5.32 Å². The summed E-state index contributed by atoms with van der Waals surface area (Å²) in [7, 11) is 1.24. The van der Waals surface area contributed by atoms with Gasteiger partial charge in [0.1, 0.15) is 6.20 Å². The smallest absolute Gasteiger partial charge is 0.413 e. The first-order valence-corrected chi connectivity index (χ1v) is 7.00. The average molecular weight is 319 g/mol. The van der Waals surface area contributed by atoms with Gasteiger partial charge in [0.15, 0.2) is 8.68 Å². The van der Waals surface area contributed by atoms with Crippen LogP contribution >= 0.6 is 34.4 Å². The minimum absolute atomic E-state index is 0.0417. The second-order valence-electron chi connectivity index (χ2n) is 2.81. The van der Waals surface area contributed by atoms with Crippen LogP contribution in [0.5, 0.6) is 0 Å². The van der Waals surface area contributed by atoms with Crippen LogP contribution in [-0.2, 0) is 4.74 Å². The fourth-order valence-electron chi connectivity index (χ4n) is 0.896. The Morgan fingerprint density at radius 2 is 2.26 bits per heavy atom. The van der Waals surface area contributed by atoms with E-state index in [2.05, 4.69) is 25.2 Å². The van der Waals surface area contributed by atoms with Crippen LogP contribution in [0.15, 0.2) is 14.9 Å². The monoisotopic (exact) mass is 319 g/mol. The van der Waals surface area contributed by atoms with Crippen molar-refractivity contribution < 1.29 is 14.5 Å². The first-order chi connectivity index (χ1) is 9.08. The Kier molecular flexibility index (Phi) is 4.24. The van der Waals surface area contributed by atoms with E-state index in [1.165, 1.54) is 13.3 Å². The third kappa shape index (κ3) is 3.59. The van der Waals surface area contributed by atoms with Crippen molar-refractivity contribution in [2.24, 2.45) is 0 Å². The normalized spacial score (nSPS) is 10.2. The number of carbonyl (C=O) groups is 1. The molecule has 0 aliphatic carbocycles. The lowest BCUT2D eigenvalue weighted by molar-refractivity contribution is -0.380. The number of carbonyl (C=O) groups excluding carboxylic acids is 1. The number of nitro groups is 1. The first kappa shape index (κ1) is 13.6. The number of aromatic nitrogens is 3. The zero-order valence-electron chi connectivity index (χ0n) is 9.22. The molecular formula is C7H5N5O4S3. The van der Waals surface area contributed by atoms with Crippen LogP contribution in [0.25, 0.3) is 0 Å². The summed E-state index contributed by atoms with van der Waals surface area (Å²) in [5.41, 5.74) is 0. The van der Waals surface area contributed by atoms with Crippen molar-refractivity contribution in [2.75, 3.05) is 12.4 Å². The summed E-state index contributed by atoms with van der Waals surface area (Å²) in [5.74, 6) is 0. The maximum absolute atomic E-state index is 10.9. The van der Waals surface area contributed by atoms with E-state index in [1.54, 1.807) is 0 Å². The Morgan fingerprint density at radius 1 is 1.47 bits per heavy atom. The van der Waals surface area contributed by atoms with Crippen molar-refractivity contribution in [3.63, 3.8) is 0 Å². The molecule has 0 unspecified atom stereocenters.